The Labute approximate surface area is 238 Å². The third-order valence-electron chi connectivity index (χ3n) is 8.00. The number of hydrogen-bond donors (Lipinski definition) is 0. The SMILES string of the molecule is c1ccc(-c2ccc3c4c5ccccc5c(-c5ccccc5)cc4n(-c4cccc(-c5ccccc5)n4)c3c2)cc1. The lowest BCUT2D eigenvalue weighted by Crippen LogP contribution is -1.99. The Morgan fingerprint density at radius 1 is 0.390 bits per heavy atom. The zero-order valence-electron chi connectivity index (χ0n) is 22.4. The summed E-state index contributed by atoms with van der Waals surface area (Å²) in [7, 11) is 0. The van der Waals surface area contributed by atoms with Gasteiger partial charge in [-0.3, -0.25) is 4.57 Å². The molecule has 0 atom stereocenters. The molecule has 0 aliphatic rings. The van der Waals surface area contributed by atoms with Gasteiger partial charge < -0.3 is 0 Å². The molecule has 0 saturated heterocycles. The molecule has 192 valence electrons. The van der Waals surface area contributed by atoms with Crippen LogP contribution in [0.5, 0.6) is 0 Å². The highest BCUT2D eigenvalue weighted by molar-refractivity contribution is 6.24. The summed E-state index contributed by atoms with van der Waals surface area (Å²) in [6.45, 7) is 0. The molecule has 0 bridgehead atoms. The molecule has 0 aliphatic heterocycles. The molecular formula is C39H26N2. The van der Waals surface area contributed by atoms with Gasteiger partial charge in [-0.1, -0.05) is 133 Å². The van der Waals surface area contributed by atoms with Crippen LogP contribution in [0.3, 0.4) is 0 Å². The highest BCUT2D eigenvalue weighted by atomic mass is 15.1. The third kappa shape index (κ3) is 3.92. The van der Waals surface area contributed by atoms with Crippen molar-refractivity contribution in [1.29, 1.82) is 0 Å². The summed E-state index contributed by atoms with van der Waals surface area (Å²) in [5, 5.41) is 4.98. The van der Waals surface area contributed by atoms with Crippen molar-refractivity contribution in [2.45, 2.75) is 0 Å². The van der Waals surface area contributed by atoms with E-state index in [2.05, 4.69) is 156 Å². The lowest BCUT2D eigenvalue weighted by molar-refractivity contribution is 1.08. The third-order valence-corrected chi connectivity index (χ3v) is 8.00. The molecule has 2 heterocycles. The van der Waals surface area contributed by atoms with Crippen LogP contribution in [0, 0.1) is 0 Å². The van der Waals surface area contributed by atoms with E-state index < -0.39 is 0 Å². The number of rotatable bonds is 4. The quantitative estimate of drug-likeness (QED) is 0.225. The Morgan fingerprint density at radius 2 is 1.02 bits per heavy atom. The highest BCUT2D eigenvalue weighted by Crippen LogP contribution is 2.42. The zero-order valence-corrected chi connectivity index (χ0v) is 22.4. The summed E-state index contributed by atoms with van der Waals surface area (Å²) in [6.07, 6.45) is 0. The van der Waals surface area contributed by atoms with Crippen LogP contribution in [0.4, 0.5) is 0 Å². The summed E-state index contributed by atoms with van der Waals surface area (Å²) in [4.78, 5) is 5.23. The van der Waals surface area contributed by atoms with Gasteiger partial charge in [0.25, 0.3) is 0 Å². The van der Waals surface area contributed by atoms with Gasteiger partial charge in [-0.2, -0.15) is 0 Å². The van der Waals surface area contributed by atoms with Gasteiger partial charge >= 0.3 is 0 Å². The summed E-state index contributed by atoms with van der Waals surface area (Å²) in [5.41, 5.74) is 9.19. The Bertz CT molecular complexity index is 2180. The van der Waals surface area contributed by atoms with Gasteiger partial charge in [0.05, 0.1) is 16.7 Å². The fourth-order valence-corrected chi connectivity index (χ4v) is 6.11. The second kappa shape index (κ2) is 9.62. The smallest absolute Gasteiger partial charge is 0.138 e. The summed E-state index contributed by atoms with van der Waals surface area (Å²) in [5.74, 6) is 0.908. The average Bonchev–Trinajstić information content (AvgIpc) is 3.39. The molecule has 0 amide bonds. The van der Waals surface area contributed by atoms with E-state index in [9.17, 15) is 0 Å². The van der Waals surface area contributed by atoms with Gasteiger partial charge in [0.1, 0.15) is 5.82 Å². The average molecular weight is 523 g/mol. The molecule has 2 aromatic heterocycles. The van der Waals surface area contributed by atoms with Crippen LogP contribution < -0.4 is 0 Å². The molecule has 8 aromatic rings. The normalized spacial score (nSPS) is 11.4. The van der Waals surface area contributed by atoms with Crippen molar-refractivity contribution in [3.8, 4) is 39.3 Å². The van der Waals surface area contributed by atoms with Crippen LogP contribution in [0.1, 0.15) is 0 Å². The molecule has 0 saturated carbocycles. The van der Waals surface area contributed by atoms with E-state index >= 15 is 0 Å². The Morgan fingerprint density at radius 3 is 1.76 bits per heavy atom. The number of pyridine rings is 1. The van der Waals surface area contributed by atoms with Crippen LogP contribution >= 0.6 is 0 Å². The molecular weight excluding hydrogens is 496 g/mol. The Balaban J connectivity index is 1.51. The molecule has 0 fully saturated rings. The minimum atomic E-state index is 0.908. The van der Waals surface area contributed by atoms with Gasteiger partial charge in [-0.05, 0) is 57.3 Å². The van der Waals surface area contributed by atoms with E-state index in [4.69, 9.17) is 4.98 Å². The predicted molar refractivity (Wildman–Crippen MR) is 172 cm³/mol. The molecule has 0 N–H and O–H groups in total. The molecule has 6 aromatic carbocycles. The minimum absolute atomic E-state index is 0.908. The molecule has 2 heteroatoms. The van der Waals surface area contributed by atoms with Crippen molar-refractivity contribution in [3.63, 3.8) is 0 Å². The first-order valence-corrected chi connectivity index (χ1v) is 14.0. The number of aromatic nitrogens is 2. The van der Waals surface area contributed by atoms with E-state index in [0.717, 1.165) is 28.1 Å². The maximum Gasteiger partial charge on any atom is 0.138 e. The monoisotopic (exact) mass is 522 g/mol. The first kappa shape index (κ1) is 23.4. The van der Waals surface area contributed by atoms with Gasteiger partial charge in [0.15, 0.2) is 0 Å². The topological polar surface area (TPSA) is 17.8 Å². The van der Waals surface area contributed by atoms with Crippen molar-refractivity contribution in [2.24, 2.45) is 0 Å². The van der Waals surface area contributed by atoms with Crippen molar-refractivity contribution >= 4 is 32.6 Å². The van der Waals surface area contributed by atoms with Gasteiger partial charge in [0, 0.05) is 16.3 Å². The van der Waals surface area contributed by atoms with Crippen molar-refractivity contribution in [1.82, 2.24) is 9.55 Å². The predicted octanol–water partition coefficient (Wildman–Crippen LogP) is 10.3. The van der Waals surface area contributed by atoms with Crippen molar-refractivity contribution in [2.75, 3.05) is 0 Å². The van der Waals surface area contributed by atoms with Crippen LogP contribution in [0.15, 0.2) is 158 Å². The summed E-state index contributed by atoms with van der Waals surface area (Å²) in [6, 6.07) is 56.0. The maximum absolute atomic E-state index is 5.23. The van der Waals surface area contributed by atoms with E-state index in [0.29, 0.717) is 0 Å². The van der Waals surface area contributed by atoms with Crippen molar-refractivity contribution < 1.29 is 0 Å². The first-order valence-electron chi connectivity index (χ1n) is 14.0. The fourth-order valence-electron chi connectivity index (χ4n) is 6.11. The fraction of sp³-hybridized carbons (Fsp3) is 0. The van der Waals surface area contributed by atoms with E-state index in [1.165, 1.54) is 43.8 Å². The second-order valence-corrected chi connectivity index (χ2v) is 10.4. The van der Waals surface area contributed by atoms with Crippen LogP contribution in [0.2, 0.25) is 0 Å². The van der Waals surface area contributed by atoms with Gasteiger partial charge in [0.2, 0.25) is 0 Å². The largest absolute Gasteiger partial charge is 0.294 e. The highest BCUT2D eigenvalue weighted by Gasteiger charge is 2.19. The van der Waals surface area contributed by atoms with E-state index in [1.54, 1.807) is 0 Å². The molecule has 0 unspecified atom stereocenters. The van der Waals surface area contributed by atoms with Gasteiger partial charge in [-0.25, -0.2) is 4.98 Å². The Kier molecular flexibility index (Phi) is 5.49. The lowest BCUT2D eigenvalue weighted by atomic mass is 9.94. The van der Waals surface area contributed by atoms with E-state index in [1.807, 2.05) is 6.07 Å². The molecule has 41 heavy (non-hydrogen) atoms. The molecule has 8 rings (SSSR count). The summed E-state index contributed by atoms with van der Waals surface area (Å²) >= 11 is 0. The zero-order chi connectivity index (χ0) is 27.2. The number of fused-ring (bicyclic) bond motifs is 5. The number of benzene rings is 6. The maximum atomic E-state index is 5.23. The number of nitrogens with zero attached hydrogens (tertiary/aromatic N) is 2. The van der Waals surface area contributed by atoms with Crippen LogP contribution in [-0.4, -0.2) is 9.55 Å². The first-order chi connectivity index (χ1) is 20.3. The lowest BCUT2D eigenvalue weighted by Gasteiger charge is -2.12. The molecule has 2 nitrogen and oxygen atoms in total. The molecule has 0 aliphatic carbocycles. The van der Waals surface area contributed by atoms with Gasteiger partial charge in [-0.15, -0.1) is 0 Å². The minimum Gasteiger partial charge on any atom is -0.294 e. The van der Waals surface area contributed by atoms with Crippen LogP contribution in [-0.2, 0) is 0 Å². The molecule has 0 spiro atoms. The Hall–Kier alpha value is -5.47. The standard InChI is InChI=1S/C39H26N2/c1-4-13-27(14-5-1)30-23-24-33-36(25-30)41(38-22-12-21-35(40-38)29-17-8-3-9-18-29)37-26-34(28-15-6-2-7-16-28)31-19-10-11-20-32(31)39(33)37/h1-26H. The second-order valence-electron chi connectivity index (χ2n) is 10.4. The van der Waals surface area contributed by atoms with Crippen LogP contribution in [0.25, 0.3) is 71.9 Å². The number of hydrogen-bond acceptors (Lipinski definition) is 1. The molecule has 0 radical (unpaired) electrons. The van der Waals surface area contributed by atoms with Crippen molar-refractivity contribution in [3.05, 3.63) is 158 Å². The summed E-state index contributed by atoms with van der Waals surface area (Å²) < 4.78 is 2.35. The van der Waals surface area contributed by atoms with E-state index in [-0.39, 0.29) is 0 Å².